The minimum Gasteiger partial charge on any atom is -0.460 e. The van der Waals surface area contributed by atoms with Gasteiger partial charge in [0.15, 0.2) is 11.5 Å². The van der Waals surface area contributed by atoms with E-state index in [2.05, 4.69) is 9.97 Å². The number of hydrogen-bond donors (Lipinski definition) is 1. The number of carbonyl (C=O) groups excluding carboxylic acids is 1. The average Bonchev–Trinajstić information content (AvgIpc) is 2.86. The normalized spacial score (nSPS) is 12.7. The molecule has 19 heavy (non-hydrogen) atoms. The molecule has 0 spiro atoms. The highest BCUT2D eigenvalue weighted by molar-refractivity contribution is 5.91. The third-order valence-corrected chi connectivity index (χ3v) is 2.68. The summed E-state index contributed by atoms with van der Waals surface area (Å²) in [7, 11) is 0. The number of aromatic amines is 1. The van der Waals surface area contributed by atoms with Crippen LogP contribution < -0.4 is 15.0 Å². The van der Waals surface area contributed by atoms with Crippen LogP contribution in [0.5, 0.6) is 11.5 Å². The third-order valence-electron chi connectivity index (χ3n) is 2.68. The first-order valence-corrected chi connectivity index (χ1v) is 5.70. The fourth-order valence-corrected chi connectivity index (χ4v) is 1.89. The summed E-state index contributed by atoms with van der Waals surface area (Å²) in [6.45, 7) is 1.95. The molecule has 0 unspecified atom stereocenters. The zero-order valence-corrected chi connectivity index (χ0v) is 10.1. The lowest BCUT2D eigenvalue weighted by Gasteiger charge is -2.04. The predicted molar refractivity (Wildman–Crippen MR) is 64.4 cm³/mol. The first kappa shape index (κ1) is 11.5. The molecule has 0 saturated carbocycles. The van der Waals surface area contributed by atoms with Crippen molar-refractivity contribution < 1.29 is 19.0 Å². The van der Waals surface area contributed by atoms with Gasteiger partial charge in [-0.3, -0.25) is 4.79 Å². The highest BCUT2D eigenvalue weighted by Gasteiger charge is 2.21. The van der Waals surface area contributed by atoms with Crippen molar-refractivity contribution in [1.29, 1.82) is 0 Å². The van der Waals surface area contributed by atoms with Gasteiger partial charge >= 0.3 is 5.97 Å². The molecule has 0 radical (unpaired) electrons. The van der Waals surface area contributed by atoms with E-state index in [1.54, 1.807) is 19.1 Å². The van der Waals surface area contributed by atoms with Crippen molar-refractivity contribution in [3.63, 3.8) is 0 Å². The summed E-state index contributed by atoms with van der Waals surface area (Å²) >= 11 is 0. The molecule has 0 atom stereocenters. The van der Waals surface area contributed by atoms with Gasteiger partial charge in [0, 0.05) is 0 Å². The van der Waals surface area contributed by atoms with E-state index < -0.39 is 11.5 Å². The molecule has 0 bridgehead atoms. The van der Waals surface area contributed by atoms with Crippen LogP contribution in [0, 0.1) is 0 Å². The van der Waals surface area contributed by atoms with Gasteiger partial charge < -0.3 is 19.2 Å². The number of fused-ring (bicyclic) bond motifs is 3. The summed E-state index contributed by atoms with van der Waals surface area (Å²) in [5.41, 5.74) is -0.105. The minimum atomic E-state index is -0.667. The third kappa shape index (κ3) is 1.79. The number of benzene rings is 1. The van der Waals surface area contributed by atoms with Crippen LogP contribution in [0.1, 0.15) is 17.5 Å². The Morgan fingerprint density at radius 2 is 2.32 bits per heavy atom. The Bertz CT molecular complexity index is 722. The molecule has 1 aliphatic rings. The van der Waals surface area contributed by atoms with E-state index >= 15 is 0 Å². The number of H-pyrrole nitrogens is 1. The quantitative estimate of drug-likeness (QED) is 0.806. The maximum atomic E-state index is 12.0. The number of nitrogens with zero attached hydrogens (tertiary/aromatic N) is 1. The Morgan fingerprint density at radius 3 is 3.11 bits per heavy atom. The second-order valence-electron chi connectivity index (χ2n) is 3.83. The first-order chi connectivity index (χ1) is 9.20. The molecule has 1 aliphatic heterocycles. The van der Waals surface area contributed by atoms with E-state index in [-0.39, 0.29) is 24.6 Å². The summed E-state index contributed by atoms with van der Waals surface area (Å²) in [5, 5.41) is 0.267. The Kier molecular flexibility index (Phi) is 2.59. The van der Waals surface area contributed by atoms with E-state index in [4.69, 9.17) is 14.2 Å². The van der Waals surface area contributed by atoms with Crippen molar-refractivity contribution in [1.82, 2.24) is 9.97 Å². The number of rotatable bonds is 2. The van der Waals surface area contributed by atoms with E-state index in [1.165, 1.54) is 0 Å². The predicted octanol–water partition coefficient (Wildman–Crippen LogP) is 0.829. The number of aromatic nitrogens is 2. The monoisotopic (exact) mass is 262 g/mol. The fraction of sp³-hybridized carbons (Fsp3) is 0.250. The number of carbonyl (C=O) groups is 1. The van der Waals surface area contributed by atoms with Gasteiger partial charge in [-0.25, -0.2) is 9.78 Å². The van der Waals surface area contributed by atoms with E-state index in [0.29, 0.717) is 17.0 Å². The second kappa shape index (κ2) is 4.27. The molecule has 98 valence electrons. The van der Waals surface area contributed by atoms with E-state index in [9.17, 15) is 9.59 Å². The zero-order chi connectivity index (χ0) is 13.4. The lowest BCUT2D eigenvalue weighted by molar-refractivity contribution is 0.0512. The number of nitrogens with one attached hydrogen (secondary N) is 1. The second-order valence-corrected chi connectivity index (χ2v) is 3.83. The highest BCUT2D eigenvalue weighted by Crippen LogP contribution is 2.36. The van der Waals surface area contributed by atoms with Crippen LogP contribution in [0.4, 0.5) is 0 Å². The smallest absolute Gasteiger partial charge is 0.374 e. The molecule has 7 heteroatoms. The van der Waals surface area contributed by atoms with Gasteiger partial charge in [0.05, 0.1) is 12.1 Å². The number of ether oxygens (including phenoxy) is 3. The molecule has 0 saturated heterocycles. The summed E-state index contributed by atoms with van der Waals surface area (Å²) in [4.78, 5) is 30.0. The molecular weight excluding hydrogens is 252 g/mol. The van der Waals surface area contributed by atoms with Gasteiger partial charge in [0.2, 0.25) is 12.6 Å². The maximum Gasteiger partial charge on any atom is 0.374 e. The van der Waals surface area contributed by atoms with Gasteiger partial charge in [-0.15, -0.1) is 0 Å². The molecule has 1 aromatic heterocycles. The molecule has 0 amide bonds. The largest absolute Gasteiger partial charge is 0.460 e. The minimum absolute atomic E-state index is 0.0630. The van der Waals surface area contributed by atoms with Crippen molar-refractivity contribution in [3.8, 4) is 11.5 Å². The maximum absolute atomic E-state index is 12.0. The van der Waals surface area contributed by atoms with Crippen LogP contribution in [0.25, 0.3) is 10.9 Å². The molecule has 1 aromatic carbocycles. The number of hydrogen-bond acceptors (Lipinski definition) is 6. The lowest BCUT2D eigenvalue weighted by Crippen LogP contribution is -2.18. The molecule has 7 nitrogen and oxygen atoms in total. The SMILES string of the molecule is CCOC(=O)c1nc2ccc3c(c2c(=O)[nH]1)OCO3. The summed E-state index contributed by atoms with van der Waals surface area (Å²) in [6.07, 6.45) is 0. The van der Waals surface area contributed by atoms with Crippen LogP contribution in [0.15, 0.2) is 16.9 Å². The van der Waals surface area contributed by atoms with E-state index in [0.717, 1.165) is 0 Å². The van der Waals surface area contributed by atoms with Crippen molar-refractivity contribution in [3.05, 3.63) is 28.3 Å². The zero-order valence-electron chi connectivity index (χ0n) is 10.1. The molecule has 3 rings (SSSR count). The van der Waals surface area contributed by atoms with Crippen LogP contribution in [-0.2, 0) is 4.74 Å². The number of esters is 1. The highest BCUT2D eigenvalue weighted by atomic mass is 16.7. The van der Waals surface area contributed by atoms with Gasteiger partial charge in [-0.05, 0) is 19.1 Å². The van der Waals surface area contributed by atoms with Gasteiger partial charge in [0.1, 0.15) is 5.39 Å². The van der Waals surface area contributed by atoms with Crippen LogP contribution in [0.3, 0.4) is 0 Å². The van der Waals surface area contributed by atoms with Gasteiger partial charge in [-0.1, -0.05) is 0 Å². The Morgan fingerprint density at radius 1 is 1.47 bits per heavy atom. The van der Waals surface area contributed by atoms with Crippen LogP contribution in [-0.4, -0.2) is 29.3 Å². The summed E-state index contributed by atoms with van der Waals surface area (Å²) in [5.74, 6) is 0.0442. The first-order valence-electron chi connectivity index (χ1n) is 5.70. The Labute approximate surface area is 107 Å². The summed E-state index contributed by atoms with van der Waals surface area (Å²) in [6, 6.07) is 3.24. The molecule has 0 aliphatic carbocycles. The van der Waals surface area contributed by atoms with Gasteiger partial charge in [0.25, 0.3) is 5.56 Å². The average molecular weight is 262 g/mol. The van der Waals surface area contributed by atoms with Crippen LogP contribution >= 0.6 is 0 Å². The Balaban J connectivity index is 2.21. The molecular formula is C12H10N2O5. The topological polar surface area (TPSA) is 90.5 Å². The van der Waals surface area contributed by atoms with Crippen molar-refractivity contribution in [2.75, 3.05) is 13.4 Å². The summed E-state index contributed by atoms with van der Waals surface area (Å²) < 4.78 is 15.2. The molecule has 0 fully saturated rings. The molecule has 1 N–H and O–H groups in total. The fourth-order valence-electron chi connectivity index (χ4n) is 1.89. The van der Waals surface area contributed by atoms with Crippen LogP contribution in [0.2, 0.25) is 0 Å². The standard InChI is InChI=1S/C12H10N2O5/c1-2-17-12(16)10-13-6-3-4-7-9(19-5-18-7)8(6)11(15)14-10/h3-4H,2,5H2,1H3,(H,13,14,15). The Hall–Kier alpha value is -2.57. The molecule has 2 heterocycles. The van der Waals surface area contributed by atoms with E-state index in [1.807, 2.05) is 0 Å². The van der Waals surface area contributed by atoms with Crippen molar-refractivity contribution >= 4 is 16.9 Å². The lowest BCUT2D eigenvalue weighted by atomic mass is 10.2. The van der Waals surface area contributed by atoms with Gasteiger partial charge in [-0.2, -0.15) is 0 Å². The van der Waals surface area contributed by atoms with Crippen molar-refractivity contribution in [2.24, 2.45) is 0 Å². The molecule has 2 aromatic rings. The van der Waals surface area contributed by atoms with Crippen molar-refractivity contribution in [2.45, 2.75) is 6.92 Å².